The Morgan fingerprint density at radius 3 is 2.83 bits per heavy atom. The average Bonchev–Trinajstić information content (AvgIpc) is 2.71. The van der Waals surface area contributed by atoms with E-state index in [1.165, 1.54) is 4.90 Å². The average molecular weight is 256 g/mol. The maximum absolute atomic E-state index is 11.6. The van der Waals surface area contributed by atoms with Crippen LogP contribution < -0.4 is 4.74 Å². The molecule has 0 atom stereocenters. The molecule has 0 fully saturated rings. The van der Waals surface area contributed by atoms with E-state index in [4.69, 9.17) is 14.4 Å². The molecule has 1 N–H and O–H groups in total. The van der Waals surface area contributed by atoms with E-state index in [0.29, 0.717) is 18.7 Å². The monoisotopic (exact) mass is 256 g/mol. The lowest BCUT2D eigenvalue weighted by Gasteiger charge is -2.16. The van der Waals surface area contributed by atoms with Gasteiger partial charge in [0, 0.05) is 26.1 Å². The standard InChI is InChI=1S/C11H16N2O5/c1-8-6-9(12-18-8)17-7-10(14)13(2)5-3-4-11(15)16/h6H,3-5,7H2,1-2H3,(H,15,16). The maximum Gasteiger partial charge on any atom is 0.303 e. The van der Waals surface area contributed by atoms with Gasteiger partial charge in [-0.05, 0) is 18.5 Å². The van der Waals surface area contributed by atoms with Gasteiger partial charge in [0.15, 0.2) is 6.61 Å². The van der Waals surface area contributed by atoms with E-state index in [1.54, 1.807) is 20.0 Å². The number of hydrogen-bond donors (Lipinski definition) is 1. The molecule has 0 bridgehead atoms. The van der Waals surface area contributed by atoms with Crippen LogP contribution in [0.5, 0.6) is 5.88 Å². The summed E-state index contributed by atoms with van der Waals surface area (Å²) in [5.41, 5.74) is 0. The van der Waals surface area contributed by atoms with Gasteiger partial charge in [-0.3, -0.25) is 9.59 Å². The van der Waals surface area contributed by atoms with Crippen LogP contribution in [-0.4, -0.2) is 47.2 Å². The van der Waals surface area contributed by atoms with Gasteiger partial charge in [-0.25, -0.2) is 0 Å². The number of ether oxygens (including phenoxy) is 1. The van der Waals surface area contributed by atoms with Crippen molar-refractivity contribution in [3.05, 3.63) is 11.8 Å². The zero-order valence-corrected chi connectivity index (χ0v) is 10.4. The number of hydrogen-bond acceptors (Lipinski definition) is 5. The lowest BCUT2D eigenvalue weighted by molar-refractivity contribution is -0.138. The number of carbonyl (C=O) groups excluding carboxylic acids is 1. The van der Waals surface area contributed by atoms with E-state index in [9.17, 15) is 9.59 Å². The van der Waals surface area contributed by atoms with Crippen LogP contribution in [0.1, 0.15) is 18.6 Å². The summed E-state index contributed by atoms with van der Waals surface area (Å²) in [4.78, 5) is 23.3. The second kappa shape index (κ2) is 6.63. The van der Waals surface area contributed by atoms with Gasteiger partial charge in [0.2, 0.25) is 0 Å². The van der Waals surface area contributed by atoms with Gasteiger partial charge in [0.05, 0.1) is 0 Å². The molecule has 0 spiro atoms. The van der Waals surface area contributed by atoms with E-state index >= 15 is 0 Å². The minimum atomic E-state index is -0.870. The number of rotatable bonds is 7. The lowest BCUT2D eigenvalue weighted by atomic mass is 10.3. The molecule has 1 aromatic rings. The molecule has 18 heavy (non-hydrogen) atoms. The largest absolute Gasteiger partial charge is 0.481 e. The zero-order chi connectivity index (χ0) is 13.5. The summed E-state index contributed by atoms with van der Waals surface area (Å²) in [5.74, 6) is -0.238. The predicted octanol–water partition coefficient (Wildman–Crippen LogP) is 0.685. The molecule has 7 heteroatoms. The molecule has 0 aliphatic heterocycles. The third-order valence-electron chi connectivity index (χ3n) is 2.26. The predicted molar refractivity (Wildman–Crippen MR) is 61.2 cm³/mol. The van der Waals surface area contributed by atoms with Crippen molar-refractivity contribution >= 4 is 11.9 Å². The fraction of sp³-hybridized carbons (Fsp3) is 0.545. The van der Waals surface area contributed by atoms with Crippen LogP contribution in [0.4, 0.5) is 0 Å². The fourth-order valence-corrected chi connectivity index (χ4v) is 1.25. The molecule has 0 saturated heterocycles. The van der Waals surface area contributed by atoms with Crippen molar-refractivity contribution in [2.24, 2.45) is 0 Å². The van der Waals surface area contributed by atoms with Crippen molar-refractivity contribution in [2.45, 2.75) is 19.8 Å². The van der Waals surface area contributed by atoms with Gasteiger partial charge in [0.25, 0.3) is 11.8 Å². The minimum absolute atomic E-state index is 0.0426. The first-order chi connectivity index (χ1) is 8.49. The van der Waals surface area contributed by atoms with Crippen LogP contribution in [0.15, 0.2) is 10.6 Å². The Hall–Kier alpha value is -2.05. The molecule has 0 aliphatic rings. The van der Waals surface area contributed by atoms with Crippen molar-refractivity contribution < 1.29 is 24.0 Å². The highest BCUT2D eigenvalue weighted by Crippen LogP contribution is 2.09. The lowest BCUT2D eigenvalue weighted by Crippen LogP contribution is -2.32. The molecular weight excluding hydrogens is 240 g/mol. The number of carbonyl (C=O) groups is 2. The van der Waals surface area contributed by atoms with Gasteiger partial charge in [-0.1, -0.05) is 0 Å². The molecule has 7 nitrogen and oxygen atoms in total. The normalized spacial score (nSPS) is 10.1. The number of aromatic nitrogens is 1. The van der Waals surface area contributed by atoms with Gasteiger partial charge < -0.3 is 19.3 Å². The smallest absolute Gasteiger partial charge is 0.303 e. The third-order valence-corrected chi connectivity index (χ3v) is 2.26. The molecule has 0 aliphatic carbocycles. The summed E-state index contributed by atoms with van der Waals surface area (Å²) < 4.78 is 9.91. The van der Waals surface area contributed by atoms with Gasteiger partial charge in [-0.2, -0.15) is 0 Å². The van der Waals surface area contributed by atoms with Crippen molar-refractivity contribution in [1.29, 1.82) is 0 Å². The zero-order valence-electron chi connectivity index (χ0n) is 10.4. The number of aryl methyl sites for hydroxylation is 1. The van der Waals surface area contributed by atoms with Gasteiger partial charge >= 0.3 is 5.97 Å². The molecule has 0 aromatic carbocycles. The molecule has 0 saturated carbocycles. The highest BCUT2D eigenvalue weighted by atomic mass is 16.5. The first kappa shape index (κ1) is 14.0. The van der Waals surface area contributed by atoms with Crippen LogP contribution in [0.3, 0.4) is 0 Å². The third kappa shape index (κ3) is 4.86. The number of carboxylic acid groups (broad SMARTS) is 1. The molecule has 1 aromatic heterocycles. The molecule has 1 amide bonds. The summed E-state index contributed by atoms with van der Waals surface area (Å²) in [5, 5.41) is 12.1. The second-order valence-electron chi connectivity index (χ2n) is 3.88. The Morgan fingerprint density at radius 1 is 1.56 bits per heavy atom. The van der Waals surface area contributed by atoms with Crippen LogP contribution in [0, 0.1) is 6.92 Å². The van der Waals surface area contributed by atoms with E-state index in [2.05, 4.69) is 5.16 Å². The van der Waals surface area contributed by atoms with Crippen LogP contribution in [-0.2, 0) is 9.59 Å². The second-order valence-corrected chi connectivity index (χ2v) is 3.88. The van der Waals surface area contributed by atoms with Gasteiger partial charge in [0.1, 0.15) is 5.76 Å². The number of nitrogens with zero attached hydrogens (tertiary/aromatic N) is 2. The summed E-state index contributed by atoms with van der Waals surface area (Å²) in [6.07, 6.45) is 0.460. The van der Waals surface area contributed by atoms with E-state index in [-0.39, 0.29) is 24.8 Å². The summed E-state index contributed by atoms with van der Waals surface area (Å²) in [6, 6.07) is 1.58. The fourth-order valence-electron chi connectivity index (χ4n) is 1.25. The highest BCUT2D eigenvalue weighted by molar-refractivity contribution is 5.77. The van der Waals surface area contributed by atoms with E-state index < -0.39 is 5.97 Å². The van der Waals surface area contributed by atoms with Crippen LogP contribution in [0.2, 0.25) is 0 Å². The van der Waals surface area contributed by atoms with Crippen molar-refractivity contribution in [3.8, 4) is 5.88 Å². The molecule has 0 unspecified atom stereocenters. The summed E-state index contributed by atoms with van der Waals surface area (Å²) >= 11 is 0. The number of amides is 1. The Bertz CT molecular complexity index is 415. The maximum atomic E-state index is 11.6. The quantitative estimate of drug-likeness (QED) is 0.771. The summed E-state index contributed by atoms with van der Waals surface area (Å²) in [7, 11) is 1.60. The number of carboxylic acids is 1. The van der Waals surface area contributed by atoms with Crippen LogP contribution in [0.25, 0.3) is 0 Å². The highest BCUT2D eigenvalue weighted by Gasteiger charge is 2.11. The Balaban J connectivity index is 2.25. The Labute approximate surface area is 104 Å². The topological polar surface area (TPSA) is 92.9 Å². The summed E-state index contributed by atoms with van der Waals surface area (Å²) in [6.45, 7) is 1.96. The van der Waals surface area contributed by atoms with Crippen molar-refractivity contribution in [3.63, 3.8) is 0 Å². The molecule has 0 radical (unpaired) electrons. The number of aliphatic carboxylic acids is 1. The van der Waals surface area contributed by atoms with Crippen molar-refractivity contribution in [2.75, 3.05) is 20.2 Å². The number of likely N-dealkylation sites (N-methyl/N-ethyl adjacent to an activating group) is 1. The van der Waals surface area contributed by atoms with E-state index in [0.717, 1.165) is 0 Å². The molecule has 1 heterocycles. The molecule has 100 valence electrons. The van der Waals surface area contributed by atoms with Gasteiger partial charge in [-0.15, -0.1) is 0 Å². The van der Waals surface area contributed by atoms with Crippen molar-refractivity contribution in [1.82, 2.24) is 10.1 Å². The van der Waals surface area contributed by atoms with E-state index in [1.807, 2.05) is 0 Å². The molecular formula is C11H16N2O5. The Kier molecular flexibility index (Phi) is 5.16. The first-order valence-corrected chi connectivity index (χ1v) is 5.51. The SMILES string of the molecule is Cc1cc(OCC(=O)N(C)CCCC(=O)O)no1. The van der Waals surface area contributed by atoms with Crippen LogP contribution >= 0.6 is 0 Å². The first-order valence-electron chi connectivity index (χ1n) is 5.51. The minimum Gasteiger partial charge on any atom is -0.481 e. The molecule has 1 rings (SSSR count). The Morgan fingerprint density at radius 2 is 2.28 bits per heavy atom.